The van der Waals surface area contributed by atoms with Gasteiger partial charge in [0, 0.05) is 0 Å². The number of hydrogen-bond acceptors (Lipinski definition) is 8. The molecular weight excluding hydrogens is 344 g/mol. The van der Waals surface area contributed by atoms with E-state index in [1.165, 1.54) is 37.3 Å². The number of ketones is 2. The lowest BCUT2D eigenvalue weighted by Crippen LogP contribution is -2.51. The van der Waals surface area contributed by atoms with Crippen LogP contribution in [0.1, 0.15) is 13.8 Å². The molecule has 10 nitrogen and oxygen atoms in total. The van der Waals surface area contributed by atoms with Crippen molar-refractivity contribution < 1.29 is 19.4 Å². The first-order valence-electron chi connectivity index (χ1n) is 7.40. The van der Waals surface area contributed by atoms with Crippen molar-refractivity contribution in [2.45, 2.75) is 24.9 Å². The summed E-state index contributed by atoms with van der Waals surface area (Å²) in [5.74, 6) is -1.15. The van der Waals surface area contributed by atoms with Gasteiger partial charge in [-0.2, -0.15) is 0 Å². The van der Waals surface area contributed by atoms with Crippen molar-refractivity contribution in [2.24, 2.45) is 11.5 Å². The van der Waals surface area contributed by atoms with E-state index in [0.717, 1.165) is 13.0 Å². The molecule has 136 valence electrons. The van der Waals surface area contributed by atoms with Gasteiger partial charge in [0.15, 0.2) is 17.1 Å². The fourth-order valence-electron chi connectivity index (χ4n) is 2.62. The highest BCUT2D eigenvalue weighted by Gasteiger charge is 2.52. The quantitative estimate of drug-likeness (QED) is 0.532. The van der Waals surface area contributed by atoms with E-state index in [9.17, 15) is 29.8 Å². The Morgan fingerprint density at radius 2 is 1.46 bits per heavy atom. The Hall–Kier alpha value is -3.24. The van der Waals surface area contributed by atoms with E-state index in [2.05, 4.69) is 0 Å². The number of nitrogens with two attached hydrogens (primary N) is 2. The molecule has 0 aliphatic heterocycles. The highest BCUT2D eigenvalue weighted by Crippen LogP contribution is 2.35. The number of rotatable bonds is 4. The van der Waals surface area contributed by atoms with Gasteiger partial charge in [-0.15, -0.1) is 0 Å². The van der Waals surface area contributed by atoms with E-state index in [1.54, 1.807) is 0 Å². The number of nitrogens with zero attached hydrogens (tertiary/aromatic N) is 2. The summed E-state index contributed by atoms with van der Waals surface area (Å²) in [6, 6.07) is 0. The molecule has 1 unspecified atom stereocenters. The molecule has 2 aliphatic carbocycles. The van der Waals surface area contributed by atoms with Crippen molar-refractivity contribution in [1.82, 2.24) is 0 Å². The van der Waals surface area contributed by atoms with Crippen LogP contribution in [0.4, 0.5) is 0 Å². The molecule has 0 aromatic rings. The van der Waals surface area contributed by atoms with Gasteiger partial charge in [0.25, 0.3) is 0 Å². The van der Waals surface area contributed by atoms with Gasteiger partial charge in [0.05, 0.1) is 15.4 Å². The molecule has 0 saturated carbocycles. The molecule has 10 heteroatoms. The van der Waals surface area contributed by atoms with E-state index < -0.39 is 38.1 Å². The number of allylic oxidation sites excluding steroid dienone is 4. The van der Waals surface area contributed by atoms with Crippen molar-refractivity contribution in [1.29, 1.82) is 0 Å². The van der Waals surface area contributed by atoms with Gasteiger partial charge in [-0.3, -0.25) is 29.8 Å². The highest BCUT2D eigenvalue weighted by atomic mass is 16.6. The van der Waals surface area contributed by atoms with Gasteiger partial charge in [0.2, 0.25) is 0 Å². The summed E-state index contributed by atoms with van der Waals surface area (Å²) in [6.07, 6.45) is 7.64. The summed E-state index contributed by atoms with van der Waals surface area (Å²) < 4.78 is 0. The lowest BCUT2D eigenvalue weighted by molar-refractivity contribution is -0.473. The minimum absolute atomic E-state index is 0.109. The topological polar surface area (TPSA) is 172 Å². The van der Waals surface area contributed by atoms with Gasteiger partial charge in [0.1, 0.15) is 5.54 Å². The molecule has 4 N–H and O–H groups in total. The fraction of sp³-hybridized carbons (Fsp3) is 0.250. The Morgan fingerprint density at radius 1 is 0.923 bits per heavy atom. The van der Waals surface area contributed by atoms with Crippen LogP contribution < -0.4 is 11.5 Å². The predicted octanol–water partition coefficient (Wildman–Crippen LogP) is 0.317. The number of carbonyl (C=O) groups excluding carboxylic acids is 2. The number of carbonyl (C=O) groups is 2. The summed E-state index contributed by atoms with van der Waals surface area (Å²) in [7, 11) is 0. The molecule has 0 saturated heterocycles. The van der Waals surface area contributed by atoms with Crippen molar-refractivity contribution >= 4 is 11.6 Å². The summed E-state index contributed by atoms with van der Waals surface area (Å²) in [5, 5.41) is 23.0. The zero-order valence-electron chi connectivity index (χ0n) is 14.0. The normalized spacial score (nSPS) is 27.7. The average molecular weight is 360 g/mol. The van der Waals surface area contributed by atoms with Gasteiger partial charge >= 0.3 is 11.4 Å². The van der Waals surface area contributed by atoms with Crippen molar-refractivity contribution in [2.75, 3.05) is 0 Å². The number of hydrogen-bond donors (Lipinski definition) is 2. The fourth-order valence-corrected chi connectivity index (χ4v) is 2.62. The Balaban J connectivity index is 2.75. The smallest absolute Gasteiger partial charge is 0.313 e. The van der Waals surface area contributed by atoms with Crippen LogP contribution in [-0.4, -0.2) is 32.5 Å². The first-order valence-corrected chi connectivity index (χ1v) is 7.40. The summed E-state index contributed by atoms with van der Waals surface area (Å²) in [5.41, 5.74) is 6.29. The molecule has 0 radical (unpaired) electrons. The van der Waals surface area contributed by atoms with Crippen LogP contribution in [0.5, 0.6) is 0 Å². The Morgan fingerprint density at radius 3 is 1.85 bits per heavy atom. The van der Waals surface area contributed by atoms with Crippen LogP contribution in [0.3, 0.4) is 0 Å². The van der Waals surface area contributed by atoms with E-state index in [1.807, 2.05) is 0 Å². The highest BCUT2D eigenvalue weighted by molar-refractivity contribution is 5.93. The number of Topliss-reactive ketones (excluding diaryl/α,β-unsaturated/α-hetero) is 2. The average Bonchev–Trinajstić information content (AvgIpc) is 2.54. The van der Waals surface area contributed by atoms with Gasteiger partial charge in [-0.1, -0.05) is 24.3 Å². The maximum Gasteiger partial charge on any atom is 0.354 e. The van der Waals surface area contributed by atoms with E-state index >= 15 is 0 Å². The molecule has 1 atom stereocenters. The zero-order chi connectivity index (χ0) is 19.9. The van der Waals surface area contributed by atoms with Crippen LogP contribution >= 0.6 is 0 Å². The van der Waals surface area contributed by atoms with Crippen LogP contribution in [-0.2, 0) is 9.59 Å². The van der Waals surface area contributed by atoms with Gasteiger partial charge in [-0.25, -0.2) is 0 Å². The Bertz CT molecular complexity index is 876. The third-order valence-electron chi connectivity index (χ3n) is 4.33. The molecule has 2 rings (SSSR count). The van der Waals surface area contributed by atoms with Crippen LogP contribution in [0.25, 0.3) is 0 Å². The molecule has 0 bridgehead atoms. The second kappa shape index (κ2) is 6.24. The predicted molar refractivity (Wildman–Crippen MR) is 90.7 cm³/mol. The monoisotopic (exact) mass is 360 g/mol. The third-order valence-corrected chi connectivity index (χ3v) is 4.33. The molecule has 0 fully saturated rings. The second-order valence-corrected chi connectivity index (χ2v) is 5.99. The molecule has 0 aromatic heterocycles. The summed E-state index contributed by atoms with van der Waals surface area (Å²) in [6.45, 7) is 2.30. The first-order chi connectivity index (χ1) is 11.9. The molecule has 0 amide bonds. The van der Waals surface area contributed by atoms with Gasteiger partial charge in [-0.05, 0) is 31.6 Å². The third kappa shape index (κ3) is 2.91. The lowest BCUT2D eigenvalue weighted by Gasteiger charge is -2.25. The van der Waals surface area contributed by atoms with E-state index in [4.69, 9.17) is 11.5 Å². The van der Waals surface area contributed by atoms with Crippen molar-refractivity contribution in [3.63, 3.8) is 0 Å². The van der Waals surface area contributed by atoms with E-state index in [0.29, 0.717) is 0 Å². The van der Waals surface area contributed by atoms with Gasteiger partial charge < -0.3 is 11.5 Å². The number of nitro groups is 2. The lowest BCUT2D eigenvalue weighted by atomic mass is 9.81. The molecule has 26 heavy (non-hydrogen) atoms. The maximum atomic E-state index is 11.8. The first kappa shape index (κ1) is 19.1. The van der Waals surface area contributed by atoms with Crippen LogP contribution in [0.15, 0.2) is 59.0 Å². The zero-order valence-corrected chi connectivity index (χ0v) is 14.0. The SMILES string of the molecule is CC(=O)C1(N)C=CC(=C2C=CC(N)(C(C)=O)C([N+](=O)[O-])=C2[N+](=O)[O-])C=C1. The minimum atomic E-state index is -2.21. The molecule has 0 heterocycles. The largest absolute Gasteiger partial charge is 0.354 e. The van der Waals surface area contributed by atoms with E-state index in [-0.39, 0.29) is 16.9 Å². The molecule has 0 spiro atoms. The molecular formula is C16H16N4O6. The summed E-state index contributed by atoms with van der Waals surface area (Å²) in [4.78, 5) is 44.4. The molecule has 0 aromatic carbocycles. The second-order valence-electron chi connectivity index (χ2n) is 5.99. The van der Waals surface area contributed by atoms with Crippen molar-refractivity contribution in [3.05, 3.63) is 79.2 Å². The maximum absolute atomic E-state index is 11.8. The van der Waals surface area contributed by atoms with Crippen LogP contribution in [0.2, 0.25) is 0 Å². The Kier molecular flexibility index (Phi) is 4.58. The minimum Gasteiger partial charge on any atom is -0.313 e. The summed E-state index contributed by atoms with van der Waals surface area (Å²) >= 11 is 0. The van der Waals surface area contributed by atoms with Crippen molar-refractivity contribution in [3.8, 4) is 0 Å². The molecule has 2 aliphatic rings. The van der Waals surface area contributed by atoms with Crippen LogP contribution in [0, 0.1) is 20.2 Å². The standard InChI is InChI=1S/C16H16N4O6/c1-9(21)15(17)6-3-11(4-7-15)12-5-8-16(18,10(2)22)14(20(25)26)13(12)19(23)24/h3-8H,17-18H2,1-2H3. The Labute approximate surface area is 147 Å².